The van der Waals surface area contributed by atoms with Crippen molar-refractivity contribution in [2.75, 3.05) is 13.2 Å². The third kappa shape index (κ3) is 6.86. The monoisotopic (exact) mass is 575 g/mol. The minimum absolute atomic E-state index is 0. The van der Waals surface area contributed by atoms with Gasteiger partial charge in [0.05, 0.1) is 12.1 Å². The molecule has 0 fully saturated rings. The Kier molecular flexibility index (Phi) is 10.8. The molecule has 0 atom stereocenters. The molecule has 4 aromatic carbocycles. The molecule has 41 heavy (non-hydrogen) atoms. The summed E-state index contributed by atoms with van der Waals surface area (Å²) < 4.78 is 7.17. The van der Waals surface area contributed by atoms with E-state index in [4.69, 9.17) is 16.0 Å². The van der Waals surface area contributed by atoms with Gasteiger partial charge in [0, 0.05) is 11.6 Å². The van der Waals surface area contributed by atoms with Crippen LogP contribution >= 0.6 is 11.6 Å². The van der Waals surface area contributed by atoms with Gasteiger partial charge in [-0.15, -0.1) is 0 Å². The Balaban J connectivity index is 0.00000462. The van der Waals surface area contributed by atoms with E-state index in [0.29, 0.717) is 28.6 Å². The van der Waals surface area contributed by atoms with E-state index in [1.807, 2.05) is 35.2 Å². The van der Waals surface area contributed by atoms with E-state index in [1.54, 1.807) is 18.2 Å². The summed E-state index contributed by atoms with van der Waals surface area (Å²) >= 11 is 6.33. The van der Waals surface area contributed by atoms with E-state index in [1.165, 1.54) is 10.4 Å². The first-order valence-electron chi connectivity index (χ1n) is 13.7. The Bertz CT molecular complexity index is 1480. The Morgan fingerprint density at radius 1 is 0.805 bits per heavy atom. The molecule has 0 aliphatic carbocycles. The van der Waals surface area contributed by atoms with Crippen molar-refractivity contribution in [2.24, 2.45) is 0 Å². The topological polar surface area (TPSA) is 35.5 Å². The minimum atomic E-state index is -2.76. The molecule has 6 heteroatoms. The first-order valence-corrected chi connectivity index (χ1v) is 16.0. The molecular formula is C35H39ClLiNO2Si. The summed E-state index contributed by atoms with van der Waals surface area (Å²) in [4.78, 5) is 1.90. The zero-order chi connectivity index (χ0) is 29.0. The molecule has 0 aliphatic heterocycles. The molecule has 0 N–H and O–H groups in total. The van der Waals surface area contributed by atoms with Gasteiger partial charge in [-0.05, 0) is 63.3 Å². The molecule has 0 radical (unpaired) electrons. The molecule has 0 saturated heterocycles. The summed E-state index contributed by atoms with van der Waals surface area (Å²) in [7, 11) is -2.76. The Hall–Kier alpha value is -2.72. The van der Waals surface area contributed by atoms with Crippen LogP contribution in [0.2, 0.25) is 10.1 Å². The average molecular weight is 576 g/mol. The number of hydrogen-bond acceptors (Lipinski definition) is 3. The maximum Gasteiger partial charge on any atom is 1.00 e. The normalized spacial score (nSPS) is 12.8. The molecule has 4 aromatic rings. The largest absolute Gasteiger partial charge is 1.00 e. The van der Waals surface area contributed by atoms with Crippen LogP contribution in [-0.4, -0.2) is 26.4 Å². The van der Waals surface area contributed by atoms with Gasteiger partial charge in [-0.2, -0.15) is 0 Å². The van der Waals surface area contributed by atoms with Crippen molar-refractivity contribution in [1.29, 1.82) is 0 Å². The number of nitrogens with zero attached hydrogens (tertiary/aromatic N) is 1. The smallest absolute Gasteiger partial charge is 0.860 e. The van der Waals surface area contributed by atoms with E-state index in [-0.39, 0.29) is 29.8 Å². The third-order valence-electron chi connectivity index (χ3n) is 7.75. The Morgan fingerprint density at radius 2 is 1.29 bits per heavy atom. The molecule has 0 bridgehead atoms. The van der Waals surface area contributed by atoms with Gasteiger partial charge >= 0.3 is 18.9 Å². The van der Waals surface area contributed by atoms with Gasteiger partial charge in [0.1, 0.15) is 0 Å². The molecule has 3 nitrogen and oxygen atoms in total. The molecule has 4 rings (SSSR count). The minimum Gasteiger partial charge on any atom is -0.860 e. The second kappa shape index (κ2) is 13.5. The van der Waals surface area contributed by atoms with Gasteiger partial charge in [-0.1, -0.05) is 136 Å². The molecule has 208 valence electrons. The van der Waals surface area contributed by atoms with E-state index in [9.17, 15) is 5.11 Å². The number of halogens is 1. The summed E-state index contributed by atoms with van der Waals surface area (Å²) in [5.74, 6) is -0.118. The number of rotatable bonds is 9. The zero-order valence-corrected chi connectivity index (χ0v) is 26.9. The third-order valence-corrected chi connectivity index (χ3v) is 13.0. The van der Waals surface area contributed by atoms with Crippen LogP contribution in [0.25, 0.3) is 12.5 Å². The van der Waals surface area contributed by atoms with E-state index >= 15 is 0 Å². The van der Waals surface area contributed by atoms with Gasteiger partial charge < -0.3 is 14.4 Å². The molecule has 0 aromatic heterocycles. The Labute approximate surface area is 263 Å². The zero-order valence-electron chi connectivity index (χ0n) is 25.2. The predicted octanol–water partition coefficient (Wildman–Crippen LogP) is 1.99. The maximum absolute atomic E-state index is 14.2. The molecule has 0 saturated carbocycles. The van der Waals surface area contributed by atoms with Crippen molar-refractivity contribution in [2.45, 2.75) is 45.2 Å². The molecule has 0 unspecified atom stereocenters. The number of benzene rings is 4. The average Bonchev–Trinajstić information content (AvgIpc) is 2.95. The maximum atomic E-state index is 14.2. The second-order valence-electron chi connectivity index (χ2n) is 11.7. The van der Waals surface area contributed by atoms with Gasteiger partial charge in [0.15, 0.2) is 0 Å². The van der Waals surface area contributed by atoms with E-state index in [0.717, 1.165) is 5.56 Å². The van der Waals surface area contributed by atoms with Crippen molar-refractivity contribution >= 4 is 42.8 Å². The van der Waals surface area contributed by atoms with Crippen LogP contribution in [-0.2, 0) is 9.96 Å². The fourth-order valence-electron chi connectivity index (χ4n) is 5.58. The molecule has 0 amide bonds. The molecular weight excluding hydrogens is 537 g/mol. The van der Waals surface area contributed by atoms with Crippen LogP contribution in [0.3, 0.4) is 0 Å². The first-order chi connectivity index (χ1) is 19.0. The van der Waals surface area contributed by atoms with E-state index < -0.39 is 13.9 Å². The van der Waals surface area contributed by atoms with Gasteiger partial charge in [0.25, 0.3) is 8.32 Å². The fourth-order valence-corrected chi connectivity index (χ4v) is 10.3. The first kappa shape index (κ1) is 32.8. The van der Waals surface area contributed by atoms with Crippen LogP contribution in [0.5, 0.6) is 0 Å². The predicted molar refractivity (Wildman–Crippen MR) is 169 cm³/mol. The fraction of sp³-hybridized carbons (Fsp3) is 0.257. The molecule has 0 heterocycles. The summed E-state index contributed by atoms with van der Waals surface area (Å²) in [6.45, 7) is 15.8. The van der Waals surface area contributed by atoms with Crippen molar-refractivity contribution < 1.29 is 28.4 Å². The standard InChI is InChI=1S/C35H40ClNO2Si.Li/c1-27-22-23-29(36)26-32(27)33(38)37(35(5,6)28-16-10-7-11-17-28)24-25-39-40(34(2,3)4,30-18-12-8-13-19-30)31-20-14-9-15-21-31;/h7-23,26,38H,1,24-25H2,2-6H3;/q;+1/p-1/b33-32-;. The van der Waals surface area contributed by atoms with Crippen molar-refractivity contribution in [3.8, 4) is 0 Å². The summed E-state index contributed by atoms with van der Waals surface area (Å²) in [5, 5.41) is 18.1. The summed E-state index contributed by atoms with van der Waals surface area (Å²) in [5.41, 5.74) is 0.434. The quantitative estimate of drug-likeness (QED) is 0.287. The van der Waals surface area contributed by atoms with Crippen molar-refractivity contribution in [3.63, 3.8) is 0 Å². The van der Waals surface area contributed by atoms with Crippen molar-refractivity contribution in [1.82, 2.24) is 4.90 Å². The van der Waals surface area contributed by atoms with Crippen LogP contribution < -0.4 is 44.8 Å². The SMILES string of the molecule is C=c1ccc(Cl)c/c1=C(/[O-])N(CCO[Si](c1ccccc1)(c1ccccc1)C(C)(C)C)C(C)(C)c1ccccc1.[Li+]. The van der Waals surface area contributed by atoms with Crippen LogP contribution in [0.1, 0.15) is 40.2 Å². The van der Waals surface area contributed by atoms with Crippen molar-refractivity contribution in [3.05, 3.63) is 130 Å². The van der Waals surface area contributed by atoms with Gasteiger partial charge in [-0.25, -0.2) is 0 Å². The van der Waals surface area contributed by atoms with Gasteiger partial charge in [0.2, 0.25) is 0 Å². The van der Waals surface area contributed by atoms with Crippen LogP contribution in [0, 0.1) is 0 Å². The second-order valence-corrected chi connectivity index (χ2v) is 16.4. The molecule has 0 aliphatic rings. The number of hydrogen-bond donors (Lipinski definition) is 0. The van der Waals surface area contributed by atoms with Gasteiger partial charge in [-0.3, -0.25) is 0 Å². The molecule has 0 spiro atoms. The summed E-state index contributed by atoms with van der Waals surface area (Å²) in [6.07, 6.45) is 0. The Morgan fingerprint density at radius 3 is 1.78 bits per heavy atom. The van der Waals surface area contributed by atoms with Crippen LogP contribution in [0.15, 0.2) is 109 Å². The van der Waals surface area contributed by atoms with E-state index in [2.05, 4.69) is 102 Å². The summed E-state index contributed by atoms with van der Waals surface area (Å²) in [6, 6.07) is 36.5. The van der Waals surface area contributed by atoms with Crippen LogP contribution in [0.4, 0.5) is 0 Å².